The second-order valence-electron chi connectivity index (χ2n) is 5.54. The number of benzene rings is 2. The van der Waals surface area contributed by atoms with Crippen LogP contribution in [0.2, 0.25) is 0 Å². The molecule has 0 saturated heterocycles. The number of hydrogen-bond donors (Lipinski definition) is 0. The number of carbonyl (C=O) groups excluding carboxylic acids is 2. The van der Waals surface area contributed by atoms with Gasteiger partial charge in [0.25, 0.3) is 0 Å². The lowest BCUT2D eigenvalue weighted by Crippen LogP contribution is -2.12. The number of Topliss-reactive ketones (excluding diaryl/α,β-unsaturated/α-hetero) is 2. The van der Waals surface area contributed by atoms with Crippen LogP contribution in [0.1, 0.15) is 32.2 Å². The molecule has 0 amide bonds. The zero-order chi connectivity index (χ0) is 15.8. The topological polar surface area (TPSA) is 47.0 Å². The Hall–Kier alpha value is -3.07. The minimum absolute atomic E-state index is 0.115. The second kappa shape index (κ2) is 5.29. The fourth-order valence-electron chi connectivity index (χ4n) is 3.03. The molecule has 0 bridgehead atoms. The van der Waals surface area contributed by atoms with Crippen molar-refractivity contribution in [3.8, 4) is 11.3 Å². The van der Waals surface area contributed by atoms with Crippen LogP contribution >= 0.6 is 0 Å². The molecule has 3 heteroatoms. The van der Waals surface area contributed by atoms with E-state index in [1.54, 1.807) is 30.5 Å². The van der Waals surface area contributed by atoms with Crippen LogP contribution in [0.15, 0.2) is 72.9 Å². The van der Waals surface area contributed by atoms with Crippen molar-refractivity contribution < 1.29 is 9.59 Å². The molecule has 4 rings (SSSR count). The van der Waals surface area contributed by atoms with Gasteiger partial charge in [-0.05, 0) is 17.7 Å². The Morgan fingerprint density at radius 1 is 0.696 bits per heavy atom. The van der Waals surface area contributed by atoms with Gasteiger partial charge in [0.15, 0.2) is 11.6 Å². The number of fused-ring (bicyclic) bond motifs is 1. The van der Waals surface area contributed by atoms with Gasteiger partial charge in [-0.2, -0.15) is 0 Å². The molecule has 110 valence electrons. The number of rotatable bonds is 2. The van der Waals surface area contributed by atoms with E-state index in [4.69, 9.17) is 0 Å². The van der Waals surface area contributed by atoms with Crippen LogP contribution in [-0.4, -0.2) is 16.6 Å². The van der Waals surface area contributed by atoms with Crippen LogP contribution in [0.5, 0.6) is 0 Å². The highest BCUT2D eigenvalue weighted by atomic mass is 16.2. The molecule has 0 spiro atoms. The Kier molecular flexibility index (Phi) is 3.12. The van der Waals surface area contributed by atoms with Crippen LogP contribution in [0, 0.1) is 0 Å². The van der Waals surface area contributed by atoms with Crippen molar-refractivity contribution in [1.29, 1.82) is 0 Å². The van der Waals surface area contributed by atoms with Crippen molar-refractivity contribution >= 4 is 11.6 Å². The molecule has 0 unspecified atom stereocenters. The van der Waals surface area contributed by atoms with Crippen molar-refractivity contribution in [2.45, 2.75) is 5.92 Å². The molecule has 0 atom stereocenters. The summed E-state index contributed by atoms with van der Waals surface area (Å²) in [5.74, 6) is -0.947. The predicted molar refractivity (Wildman–Crippen MR) is 87.5 cm³/mol. The number of carbonyl (C=O) groups is 2. The highest BCUT2D eigenvalue weighted by Crippen LogP contribution is 2.34. The monoisotopic (exact) mass is 299 g/mol. The van der Waals surface area contributed by atoms with E-state index in [1.165, 1.54) is 0 Å². The smallest absolute Gasteiger partial charge is 0.178 e. The molecule has 0 saturated carbocycles. The lowest BCUT2D eigenvalue weighted by atomic mass is 9.93. The summed E-state index contributed by atoms with van der Waals surface area (Å²) in [6, 6.07) is 20.2. The first kappa shape index (κ1) is 13.6. The summed E-state index contributed by atoms with van der Waals surface area (Å²) < 4.78 is 0. The number of aromatic nitrogens is 1. The number of nitrogens with zero attached hydrogens (tertiary/aromatic N) is 1. The van der Waals surface area contributed by atoms with Gasteiger partial charge >= 0.3 is 0 Å². The Morgan fingerprint density at radius 2 is 1.30 bits per heavy atom. The van der Waals surface area contributed by atoms with Crippen LogP contribution in [0.3, 0.4) is 0 Å². The summed E-state index contributed by atoms with van der Waals surface area (Å²) in [7, 11) is 0. The number of ketones is 2. The van der Waals surface area contributed by atoms with E-state index in [9.17, 15) is 9.59 Å². The van der Waals surface area contributed by atoms with E-state index in [1.807, 2.05) is 42.5 Å². The van der Waals surface area contributed by atoms with E-state index in [0.717, 1.165) is 16.8 Å². The summed E-state index contributed by atoms with van der Waals surface area (Å²) >= 11 is 0. The Bertz CT molecular complexity index is 863. The highest BCUT2D eigenvalue weighted by molar-refractivity contribution is 6.29. The van der Waals surface area contributed by atoms with Crippen LogP contribution in [0.4, 0.5) is 0 Å². The Labute approximate surface area is 133 Å². The quantitative estimate of drug-likeness (QED) is 0.674. The molecule has 0 N–H and O–H groups in total. The van der Waals surface area contributed by atoms with Crippen molar-refractivity contribution in [3.63, 3.8) is 0 Å². The van der Waals surface area contributed by atoms with Gasteiger partial charge in [0.05, 0.1) is 5.69 Å². The van der Waals surface area contributed by atoms with Crippen LogP contribution in [-0.2, 0) is 0 Å². The lowest BCUT2D eigenvalue weighted by molar-refractivity contribution is 0.0890. The van der Waals surface area contributed by atoms with Crippen LogP contribution < -0.4 is 0 Å². The molecule has 1 aliphatic rings. The Morgan fingerprint density at radius 3 is 1.87 bits per heavy atom. The molecule has 1 heterocycles. The fraction of sp³-hybridized carbons (Fsp3) is 0.0500. The van der Waals surface area contributed by atoms with Gasteiger partial charge < -0.3 is 0 Å². The zero-order valence-electron chi connectivity index (χ0n) is 12.3. The molecule has 0 fully saturated rings. The summed E-state index contributed by atoms with van der Waals surface area (Å²) in [6.45, 7) is 0. The first-order valence-corrected chi connectivity index (χ1v) is 7.44. The lowest BCUT2D eigenvalue weighted by Gasteiger charge is -2.08. The predicted octanol–water partition coefficient (Wildman–Crippen LogP) is 3.91. The minimum Gasteiger partial charge on any atom is -0.293 e. The average Bonchev–Trinajstić information content (AvgIpc) is 2.87. The van der Waals surface area contributed by atoms with Gasteiger partial charge in [0, 0.05) is 22.9 Å². The SMILES string of the molecule is O=C1c2ccccc2C(=O)C1c1ccc(-c2ccccn2)cc1. The maximum absolute atomic E-state index is 12.5. The number of pyridine rings is 1. The van der Waals surface area contributed by atoms with Crippen molar-refractivity contribution in [2.75, 3.05) is 0 Å². The maximum Gasteiger partial charge on any atom is 0.178 e. The second-order valence-corrected chi connectivity index (χ2v) is 5.54. The average molecular weight is 299 g/mol. The van der Waals surface area contributed by atoms with Gasteiger partial charge in [0.2, 0.25) is 0 Å². The first-order valence-electron chi connectivity index (χ1n) is 7.44. The van der Waals surface area contributed by atoms with Gasteiger partial charge in [0.1, 0.15) is 5.92 Å². The third-order valence-electron chi connectivity index (χ3n) is 4.19. The molecule has 3 nitrogen and oxygen atoms in total. The third-order valence-corrected chi connectivity index (χ3v) is 4.19. The van der Waals surface area contributed by atoms with Crippen molar-refractivity contribution in [1.82, 2.24) is 4.98 Å². The summed E-state index contributed by atoms with van der Waals surface area (Å²) in [6.07, 6.45) is 1.74. The zero-order valence-corrected chi connectivity index (χ0v) is 12.3. The summed E-state index contributed by atoms with van der Waals surface area (Å²) in [5, 5.41) is 0. The number of hydrogen-bond acceptors (Lipinski definition) is 3. The molecule has 3 aromatic rings. The van der Waals surface area contributed by atoms with Gasteiger partial charge in [-0.15, -0.1) is 0 Å². The Balaban J connectivity index is 1.70. The van der Waals surface area contributed by atoms with Gasteiger partial charge in [-0.3, -0.25) is 14.6 Å². The molecule has 0 radical (unpaired) electrons. The fourth-order valence-corrected chi connectivity index (χ4v) is 3.03. The first-order chi connectivity index (χ1) is 11.3. The third kappa shape index (κ3) is 2.18. The molecular weight excluding hydrogens is 286 g/mol. The maximum atomic E-state index is 12.5. The summed E-state index contributed by atoms with van der Waals surface area (Å²) in [5.41, 5.74) is 3.61. The van der Waals surface area contributed by atoms with E-state index in [2.05, 4.69) is 4.98 Å². The largest absolute Gasteiger partial charge is 0.293 e. The van der Waals surface area contributed by atoms with Gasteiger partial charge in [-0.1, -0.05) is 54.6 Å². The molecule has 0 aliphatic heterocycles. The van der Waals surface area contributed by atoms with E-state index >= 15 is 0 Å². The van der Waals surface area contributed by atoms with Crippen LogP contribution in [0.25, 0.3) is 11.3 Å². The minimum atomic E-state index is -0.717. The highest BCUT2D eigenvalue weighted by Gasteiger charge is 2.39. The van der Waals surface area contributed by atoms with E-state index in [0.29, 0.717) is 11.1 Å². The van der Waals surface area contributed by atoms with Crippen molar-refractivity contribution in [2.24, 2.45) is 0 Å². The molecule has 2 aromatic carbocycles. The molecule has 23 heavy (non-hydrogen) atoms. The van der Waals surface area contributed by atoms with Gasteiger partial charge in [-0.25, -0.2) is 0 Å². The molecular formula is C20H13NO2. The van der Waals surface area contributed by atoms with E-state index in [-0.39, 0.29) is 11.6 Å². The molecule has 1 aromatic heterocycles. The standard InChI is InChI=1S/C20H13NO2/c22-19-15-5-1-2-6-16(15)20(23)18(19)14-10-8-13(9-11-14)17-7-3-4-12-21-17/h1-12,18H. The molecule has 1 aliphatic carbocycles. The summed E-state index contributed by atoms with van der Waals surface area (Å²) in [4.78, 5) is 29.4. The van der Waals surface area contributed by atoms with E-state index < -0.39 is 5.92 Å². The van der Waals surface area contributed by atoms with Crippen molar-refractivity contribution in [3.05, 3.63) is 89.6 Å². The normalized spacial score (nSPS) is 14.1.